The summed E-state index contributed by atoms with van der Waals surface area (Å²) in [5.74, 6) is -1.27. The van der Waals surface area contributed by atoms with Gasteiger partial charge in [-0.25, -0.2) is 8.42 Å². The fraction of sp³-hybridized carbons (Fsp3) is 0.385. The van der Waals surface area contributed by atoms with Crippen molar-refractivity contribution in [3.8, 4) is 0 Å². The molecule has 0 aliphatic rings. The van der Waals surface area contributed by atoms with E-state index in [0.29, 0.717) is 12.0 Å². The van der Waals surface area contributed by atoms with Crippen LogP contribution in [0.25, 0.3) is 0 Å². The van der Waals surface area contributed by atoms with Gasteiger partial charge in [-0.05, 0) is 18.6 Å². The van der Waals surface area contributed by atoms with Gasteiger partial charge in [0.1, 0.15) is 0 Å². The predicted octanol–water partition coefficient (Wildman–Crippen LogP) is 1.92. The van der Waals surface area contributed by atoms with Crippen molar-refractivity contribution in [3.63, 3.8) is 0 Å². The molecule has 0 fully saturated rings. The first kappa shape index (κ1) is 15.4. The lowest BCUT2D eigenvalue weighted by molar-refractivity contribution is -0.137. The number of Topliss-reactive ketones (excluding diaryl/α,β-unsaturated/α-hetero) is 1. The Bertz CT molecular complexity index is 557. The van der Waals surface area contributed by atoms with E-state index in [4.69, 9.17) is 5.11 Å². The molecule has 6 heteroatoms. The molecule has 0 saturated heterocycles. The van der Waals surface area contributed by atoms with Gasteiger partial charge in [-0.3, -0.25) is 9.59 Å². The molecule has 1 aromatic rings. The van der Waals surface area contributed by atoms with Gasteiger partial charge in [-0.15, -0.1) is 0 Å². The Morgan fingerprint density at radius 3 is 2.21 bits per heavy atom. The number of carbonyl (C=O) groups excluding carboxylic acids is 1. The van der Waals surface area contributed by atoms with Gasteiger partial charge in [0.2, 0.25) is 0 Å². The summed E-state index contributed by atoms with van der Waals surface area (Å²) >= 11 is 0. The van der Waals surface area contributed by atoms with Gasteiger partial charge < -0.3 is 5.11 Å². The Morgan fingerprint density at radius 2 is 1.74 bits per heavy atom. The minimum Gasteiger partial charge on any atom is -0.481 e. The van der Waals surface area contributed by atoms with Crippen LogP contribution in [-0.4, -0.2) is 31.0 Å². The van der Waals surface area contributed by atoms with Crippen molar-refractivity contribution in [2.45, 2.75) is 31.1 Å². The minimum absolute atomic E-state index is 0.0465. The van der Waals surface area contributed by atoms with Gasteiger partial charge in [0, 0.05) is 18.4 Å². The molecule has 0 aliphatic heterocycles. The Kier molecular flexibility index (Phi) is 5.23. The molecule has 1 N–H and O–H groups in total. The highest BCUT2D eigenvalue weighted by molar-refractivity contribution is 7.91. The average Bonchev–Trinajstić information content (AvgIpc) is 2.37. The summed E-state index contributed by atoms with van der Waals surface area (Å²) in [6, 6.07) is 5.74. The number of ketones is 1. The molecule has 0 saturated carbocycles. The number of benzene rings is 1. The predicted molar refractivity (Wildman–Crippen MR) is 70.0 cm³/mol. The van der Waals surface area contributed by atoms with E-state index in [1.807, 2.05) is 0 Å². The largest absolute Gasteiger partial charge is 0.481 e. The van der Waals surface area contributed by atoms with Crippen molar-refractivity contribution >= 4 is 21.6 Å². The lowest BCUT2D eigenvalue weighted by Crippen LogP contribution is -2.09. The van der Waals surface area contributed by atoms with E-state index in [2.05, 4.69) is 0 Å². The summed E-state index contributed by atoms with van der Waals surface area (Å²) in [4.78, 5) is 21.9. The van der Waals surface area contributed by atoms with Crippen LogP contribution in [0, 0.1) is 0 Å². The van der Waals surface area contributed by atoms with Crippen LogP contribution >= 0.6 is 0 Å². The summed E-state index contributed by atoms with van der Waals surface area (Å²) in [5, 5.41) is 8.47. The molecule has 0 aromatic heterocycles. The van der Waals surface area contributed by atoms with Gasteiger partial charge in [0.25, 0.3) is 0 Å². The van der Waals surface area contributed by atoms with Crippen LogP contribution < -0.4 is 0 Å². The third kappa shape index (κ3) is 4.48. The molecule has 0 aliphatic carbocycles. The molecule has 5 nitrogen and oxygen atoms in total. The standard InChI is InChI=1S/C13H16O5S/c1-2-12(14)10-5-7-11(8-6-10)19(17,18)9-3-4-13(15)16/h5-8H,2-4,9H2,1H3,(H,15,16). The topological polar surface area (TPSA) is 88.5 Å². The average molecular weight is 284 g/mol. The van der Waals surface area contributed by atoms with Gasteiger partial charge in [0.05, 0.1) is 10.6 Å². The summed E-state index contributed by atoms with van der Waals surface area (Å²) in [6.45, 7) is 1.74. The first-order valence-corrected chi connectivity index (χ1v) is 7.60. The fourth-order valence-electron chi connectivity index (χ4n) is 1.58. The van der Waals surface area contributed by atoms with Crippen LogP contribution in [0.3, 0.4) is 0 Å². The summed E-state index contributed by atoms with van der Waals surface area (Å²) in [7, 11) is -3.48. The second-order valence-electron chi connectivity index (χ2n) is 4.12. The van der Waals surface area contributed by atoms with Crippen LogP contribution in [0.4, 0.5) is 0 Å². The SMILES string of the molecule is CCC(=O)c1ccc(S(=O)(=O)CCCC(=O)O)cc1. The van der Waals surface area contributed by atoms with Crippen molar-refractivity contribution in [3.05, 3.63) is 29.8 Å². The van der Waals surface area contributed by atoms with E-state index < -0.39 is 15.8 Å². The van der Waals surface area contributed by atoms with Crippen molar-refractivity contribution in [2.24, 2.45) is 0 Å². The lowest BCUT2D eigenvalue weighted by atomic mass is 10.1. The van der Waals surface area contributed by atoms with Gasteiger partial charge >= 0.3 is 5.97 Å². The second kappa shape index (κ2) is 6.47. The quantitative estimate of drug-likeness (QED) is 0.773. The van der Waals surface area contributed by atoms with E-state index in [1.165, 1.54) is 24.3 Å². The Labute approximate surface area is 112 Å². The maximum Gasteiger partial charge on any atom is 0.303 e. The van der Waals surface area contributed by atoms with Crippen molar-refractivity contribution in [2.75, 3.05) is 5.75 Å². The number of rotatable bonds is 7. The maximum absolute atomic E-state index is 11.9. The van der Waals surface area contributed by atoms with E-state index in [-0.39, 0.29) is 29.3 Å². The Hall–Kier alpha value is -1.69. The number of hydrogen-bond donors (Lipinski definition) is 1. The third-order valence-corrected chi connectivity index (χ3v) is 4.48. The lowest BCUT2D eigenvalue weighted by Gasteiger charge is -2.04. The number of carboxylic acids is 1. The van der Waals surface area contributed by atoms with Gasteiger partial charge in [-0.1, -0.05) is 19.1 Å². The number of aliphatic carboxylic acids is 1. The number of sulfone groups is 1. The molecule has 0 atom stereocenters. The molecule has 0 spiro atoms. The second-order valence-corrected chi connectivity index (χ2v) is 6.23. The number of hydrogen-bond acceptors (Lipinski definition) is 4. The van der Waals surface area contributed by atoms with Crippen LogP contribution in [0.5, 0.6) is 0 Å². The fourth-order valence-corrected chi connectivity index (χ4v) is 2.89. The summed E-state index contributed by atoms with van der Waals surface area (Å²) < 4.78 is 23.8. The van der Waals surface area contributed by atoms with E-state index in [9.17, 15) is 18.0 Å². The zero-order valence-electron chi connectivity index (χ0n) is 10.6. The summed E-state index contributed by atoms with van der Waals surface area (Å²) in [6.07, 6.45) is 0.268. The van der Waals surface area contributed by atoms with Crippen LogP contribution in [0.15, 0.2) is 29.2 Å². The van der Waals surface area contributed by atoms with Gasteiger partial charge in [0.15, 0.2) is 15.6 Å². The zero-order chi connectivity index (χ0) is 14.5. The molecule has 0 amide bonds. The first-order valence-electron chi connectivity index (χ1n) is 5.94. The van der Waals surface area contributed by atoms with Crippen LogP contribution in [-0.2, 0) is 14.6 Å². The number of carboxylic acid groups (broad SMARTS) is 1. The molecule has 1 aromatic carbocycles. The molecule has 104 valence electrons. The van der Waals surface area contributed by atoms with Crippen molar-refractivity contribution in [1.82, 2.24) is 0 Å². The highest BCUT2D eigenvalue weighted by Gasteiger charge is 2.15. The van der Waals surface area contributed by atoms with Crippen LogP contribution in [0.1, 0.15) is 36.5 Å². The summed E-state index contributed by atoms with van der Waals surface area (Å²) in [5.41, 5.74) is 0.479. The monoisotopic (exact) mass is 284 g/mol. The molecule has 19 heavy (non-hydrogen) atoms. The molecular weight excluding hydrogens is 268 g/mol. The van der Waals surface area contributed by atoms with E-state index in [1.54, 1.807) is 6.92 Å². The van der Waals surface area contributed by atoms with Crippen molar-refractivity contribution in [1.29, 1.82) is 0 Å². The molecule has 0 unspecified atom stereocenters. The third-order valence-electron chi connectivity index (χ3n) is 2.66. The molecule has 0 heterocycles. The van der Waals surface area contributed by atoms with Crippen molar-refractivity contribution < 1.29 is 23.1 Å². The smallest absolute Gasteiger partial charge is 0.303 e. The highest BCUT2D eigenvalue weighted by atomic mass is 32.2. The minimum atomic E-state index is -3.48. The van der Waals surface area contributed by atoms with E-state index in [0.717, 1.165) is 0 Å². The molecule has 0 bridgehead atoms. The highest BCUT2D eigenvalue weighted by Crippen LogP contribution is 2.15. The molecule has 1 rings (SSSR count). The Morgan fingerprint density at radius 1 is 1.16 bits per heavy atom. The normalized spacial score (nSPS) is 11.2. The van der Waals surface area contributed by atoms with Crippen LogP contribution in [0.2, 0.25) is 0 Å². The molecular formula is C13H16O5S. The van der Waals surface area contributed by atoms with Gasteiger partial charge in [-0.2, -0.15) is 0 Å². The zero-order valence-corrected chi connectivity index (χ0v) is 11.4. The maximum atomic E-state index is 11.9. The Balaban J connectivity index is 2.79. The molecule has 0 radical (unpaired) electrons. The number of carbonyl (C=O) groups is 2. The van der Waals surface area contributed by atoms with E-state index >= 15 is 0 Å². The first-order chi connectivity index (χ1) is 8.86.